The number of nitrogens with one attached hydrogen (secondary N) is 3. The van der Waals surface area contributed by atoms with Gasteiger partial charge in [-0.25, -0.2) is 9.97 Å². The molecule has 0 amide bonds. The third-order valence-electron chi connectivity index (χ3n) is 5.26. The number of nitriles is 1. The molecule has 0 atom stereocenters. The summed E-state index contributed by atoms with van der Waals surface area (Å²) in [6.45, 7) is 1.34. The summed E-state index contributed by atoms with van der Waals surface area (Å²) in [6, 6.07) is 13.0. The van der Waals surface area contributed by atoms with Gasteiger partial charge < -0.3 is 25.6 Å². The van der Waals surface area contributed by atoms with Crippen molar-refractivity contribution in [2.45, 2.75) is 24.9 Å². The summed E-state index contributed by atoms with van der Waals surface area (Å²) in [7, 11) is 0. The zero-order valence-corrected chi connectivity index (χ0v) is 17.9. The molecule has 9 nitrogen and oxygen atoms in total. The van der Waals surface area contributed by atoms with Crippen molar-refractivity contribution < 1.29 is 9.47 Å². The van der Waals surface area contributed by atoms with Crippen LogP contribution in [0.3, 0.4) is 0 Å². The van der Waals surface area contributed by atoms with Gasteiger partial charge in [0.1, 0.15) is 17.9 Å². The van der Waals surface area contributed by atoms with Gasteiger partial charge in [-0.05, 0) is 36.4 Å². The van der Waals surface area contributed by atoms with E-state index in [0.717, 1.165) is 18.4 Å². The molecule has 1 fully saturated rings. The second-order valence-electron chi connectivity index (χ2n) is 7.47. The lowest BCUT2D eigenvalue weighted by molar-refractivity contribution is 0.0254. The smallest absolute Gasteiger partial charge is 0.227 e. The second-order valence-corrected chi connectivity index (χ2v) is 7.47. The molecular weight excluding hydrogens is 418 g/mol. The van der Waals surface area contributed by atoms with E-state index >= 15 is 0 Å². The topological polar surface area (TPSA) is 141 Å². The summed E-state index contributed by atoms with van der Waals surface area (Å²) in [5.41, 5.74) is 3.21. The van der Waals surface area contributed by atoms with Crippen LogP contribution in [0.4, 0.5) is 11.6 Å². The van der Waals surface area contributed by atoms with E-state index in [9.17, 15) is 5.26 Å². The number of rotatable bonds is 8. The van der Waals surface area contributed by atoms with Crippen LogP contribution in [-0.4, -0.2) is 46.7 Å². The maximum atomic E-state index is 9.63. The summed E-state index contributed by atoms with van der Waals surface area (Å²) in [6.07, 6.45) is 7.28. The van der Waals surface area contributed by atoms with Crippen LogP contribution in [0.25, 0.3) is 11.3 Å². The van der Waals surface area contributed by atoms with Crippen molar-refractivity contribution in [1.82, 2.24) is 15.0 Å². The third kappa shape index (κ3) is 5.37. The van der Waals surface area contributed by atoms with Gasteiger partial charge in [0.25, 0.3) is 0 Å². The van der Waals surface area contributed by atoms with Crippen molar-refractivity contribution in [2.24, 2.45) is 0 Å². The van der Waals surface area contributed by atoms with Crippen LogP contribution < -0.4 is 10.1 Å². The zero-order chi connectivity index (χ0) is 23.0. The Labute approximate surface area is 191 Å². The number of hydrogen-bond donors (Lipinski definition) is 3. The molecule has 0 saturated carbocycles. The number of ether oxygens (including phenoxy) is 2. The average molecular weight is 441 g/mol. The largest absolute Gasteiger partial charge is 0.489 e. The molecule has 3 heterocycles. The first-order valence-electron chi connectivity index (χ1n) is 10.6. The van der Waals surface area contributed by atoms with E-state index in [1.165, 1.54) is 12.4 Å². The SMILES string of the molecule is N#Cc1cc(-c2ccnc(Nc3ccc(C(C=N)C=N)nc3)n2)ccc1OC1CCOCC1. The molecule has 0 spiro atoms. The molecule has 33 heavy (non-hydrogen) atoms. The first-order valence-corrected chi connectivity index (χ1v) is 10.6. The highest BCUT2D eigenvalue weighted by Gasteiger charge is 2.17. The number of anilines is 2. The van der Waals surface area contributed by atoms with Gasteiger partial charge in [0, 0.05) is 37.0 Å². The molecule has 1 aliphatic rings. The fourth-order valence-corrected chi connectivity index (χ4v) is 3.46. The Hall–Kier alpha value is -4.16. The van der Waals surface area contributed by atoms with E-state index in [1.54, 1.807) is 36.7 Å². The molecule has 0 unspecified atom stereocenters. The quantitative estimate of drug-likeness (QED) is 0.447. The molecule has 3 N–H and O–H groups in total. The van der Waals surface area contributed by atoms with E-state index in [4.69, 9.17) is 20.3 Å². The Balaban J connectivity index is 1.50. The molecule has 0 bridgehead atoms. The lowest BCUT2D eigenvalue weighted by Gasteiger charge is -2.23. The van der Waals surface area contributed by atoms with E-state index in [0.29, 0.717) is 47.6 Å². The van der Waals surface area contributed by atoms with Crippen LogP contribution in [0.5, 0.6) is 5.75 Å². The van der Waals surface area contributed by atoms with Crippen LogP contribution in [0.2, 0.25) is 0 Å². The Morgan fingerprint density at radius 2 is 1.94 bits per heavy atom. The van der Waals surface area contributed by atoms with Gasteiger partial charge in [0.05, 0.1) is 48.0 Å². The fraction of sp³-hybridized carbons (Fsp3) is 0.250. The summed E-state index contributed by atoms with van der Waals surface area (Å²) in [5, 5.41) is 27.5. The monoisotopic (exact) mass is 441 g/mol. The molecule has 0 radical (unpaired) electrons. The molecule has 1 saturated heterocycles. The predicted molar refractivity (Wildman–Crippen MR) is 124 cm³/mol. The first kappa shape index (κ1) is 22.0. The summed E-state index contributed by atoms with van der Waals surface area (Å²) >= 11 is 0. The second kappa shape index (κ2) is 10.4. The Morgan fingerprint density at radius 1 is 1.12 bits per heavy atom. The Kier molecular flexibility index (Phi) is 6.97. The highest BCUT2D eigenvalue weighted by molar-refractivity contribution is 5.86. The molecule has 4 rings (SSSR count). The molecule has 2 aromatic heterocycles. The van der Waals surface area contributed by atoms with Crippen molar-refractivity contribution >= 4 is 24.1 Å². The van der Waals surface area contributed by atoms with Crippen molar-refractivity contribution in [3.05, 3.63) is 60.0 Å². The van der Waals surface area contributed by atoms with Gasteiger partial charge in [0.15, 0.2) is 0 Å². The van der Waals surface area contributed by atoms with Gasteiger partial charge in [0.2, 0.25) is 5.95 Å². The lowest BCUT2D eigenvalue weighted by Crippen LogP contribution is -2.26. The number of nitrogens with zero attached hydrogens (tertiary/aromatic N) is 4. The number of aromatic nitrogens is 3. The minimum Gasteiger partial charge on any atom is -0.489 e. The zero-order valence-electron chi connectivity index (χ0n) is 17.9. The lowest BCUT2D eigenvalue weighted by atomic mass is 10.1. The summed E-state index contributed by atoms with van der Waals surface area (Å²) in [5.74, 6) is 0.518. The molecule has 0 aliphatic carbocycles. The molecule has 9 heteroatoms. The van der Waals surface area contributed by atoms with Crippen molar-refractivity contribution in [3.63, 3.8) is 0 Å². The van der Waals surface area contributed by atoms with Gasteiger partial charge in [-0.1, -0.05) is 0 Å². The Bertz CT molecular complexity index is 1160. The fourth-order valence-electron chi connectivity index (χ4n) is 3.46. The normalized spacial score (nSPS) is 14.6. The average Bonchev–Trinajstić information content (AvgIpc) is 2.87. The number of hydrogen-bond acceptors (Lipinski definition) is 9. The van der Waals surface area contributed by atoms with Gasteiger partial charge in [-0.3, -0.25) is 4.98 Å². The number of pyridine rings is 1. The molecule has 3 aromatic rings. The van der Waals surface area contributed by atoms with Gasteiger partial charge in [-0.2, -0.15) is 5.26 Å². The van der Waals surface area contributed by atoms with Crippen molar-refractivity contribution in [3.8, 4) is 23.1 Å². The maximum absolute atomic E-state index is 9.63. The van der Waals surface area contributed by atoms with E-state index in [2.05, 4.69) is 26.3 Å². The Morgan fingerprint density at radius 3 is 2.64 bits per heavy atom. The van der Waals surface area contributed by atoms with Gasteiger partial charge >= 0.3 is 0 Å². The van der Waals surface area contributed by atoms with E-state index in [-0.39, 0.29) is 6.10 Å². The molecule has 1 aliphatic heterocycles. The van der Waals surface area contributed by atoms with Crippen molar-refractivity contribution in [1.29, 1.82) is 16.1 Å². The molecule has 1 aromatic carbocycles. The third-order valence-corrected chi connectivity index (χ3v) is 5.26. The van der Waals surface area contributed by atoms with E-state index < -0.39 is 5.92 Å². The maximum Gasteiger partial charge on any atom is 0.227 e. The van der Waals surface area contributed by atoms with Crippen LogP contribution in [0.15, 0.2) is 48.8 Å². The highest BCUT2D eigenvalue weighted by atomic mass is 16.5. The predicted octanol–water partition coefficient (Wildman–Crippen LogP) is 4.09. The number of benzene rings is 1. The van der Waals surface area contributed by atoms with E-state index in [1.807, 2.05) is 12.1 Å². The summed E-state index contributed by atoms with van der Waals surface area (Å²) < 4.78 is 11.4. The molecule has 166 valence electrons. The standard InChI is InChI=1S/C24H23N7O2/c25-12-17-11-16(1-4-23(17)33-20-6-9-32-10-7-20)22-5-8-28-24(31-22)30-19-2-3-21(29-15-19)18(13-26)14-27/h1-5,8,11,13-15,18,20,26-27H,6-7,9-10H2,(H,28,30,31). The van der Waals surface area contributed by atoms with Crippen LogP contribution in [-0.2, 0) is 4.74 Å². The van der Waals surface area contributed by atoms with Crippen molar-refractivity contribution in [2.75, 3.05) is 18.5 Å². The minimum atomic E-state index is -0.439. The minimum absolute atomic E-state index is 0.0554. The van der Waals surface area contributed by atoms with Crippen LogP contribution >= 0.6 is 0 Å². The van der Waals surface area contributed by atoms with Crippen LogP contribution in [0, 0.1) is 22.1 Å². The van der Waals surface area contributed by atoms with Crippen LogP contribution in [0.1, 0.15) is 30.0 Å². The first-order chi connectivity index (χ1) is 16.2. The highest BCUT2D eigenvalue weighted by Crippen LogP contribution is 2.28. The van der Waals surface area contributed by atoms with Gasteiger partial charge in [-0.15, -0.1) is 0 Å². The molecular formula is C24H23N7O2. The summed E-state index contributed by atoms with van der Waals surface area (Å²) in [4.78, 5) is 13.1.